The fourth-order valence-electron chi connectivity index (χ4n) is 2.06. The molecule has 5 nitrogen and oxygen atoms in total. The molecule has 0 spiro atoms. The summed E-state index contributed by atoms with van der Waals surface area (Å²) in [5, 5.41) is 2.75. The minimum atomic E-state index is -0.000501. The Morgan fingerprint density at radius 3 is 2.53 bits per heavy atom. The van der Waals surface area contributed by atoms with E-state index in [0.29, 0.717) is 19.5 Å². The van der Waals surface area contributed by atoms with Crippen molar-refractivity contribution in [3.8, 4) is 0 Å². The van der Waals surface area contributed by atoms with Crippen LogP contribution in [0.1, 0.15) is 19.3 Å². The van der Waals surface area contributed by atoms with E-state index >= 15 is 0 Å². The lowest BCUT2D eigenvalue weighted by atomic mass is 10.1. The van der Waals surface area contributed by atoms with Gasteiger partial charge in [0.15, 0.2) is 0 Å². The van der Waals surface area contributed by atoms with Gasteiger partial charge in [-0.1, -0.05) is 0 Å². The molecule has 15 heavy (non-hydrogen) atoms. The molecule has 0 aromatic heterocycles. The van der Waals surface area contributed by atoms with Crippen molar-refractivity contribution in [2.24, 2.45) is 0 Å². The zero-order chi connectivity index (χ0) is 10.7. The summed E-state index contributed by atoms with van der Waals surface area (Å²) in [6.07, 6.45) is 2.78. The van der Waals surface area contributed by atoms with Crippen LogP contribution in [0.25, 0.3) is 0 Å². The molecule has 0 bridgehead atoms. The quantitative estimate of drug-likeness (QED) is 0.715. The third kappa shape index (κ3) is 2.40. The topological polar surface area (TPSA) is 52.7 Å². The van der Waals surface area contributed by atoms with Crippen LogP contribution in [-0.4, -0.2) is 54.5 Å². The molecule has 2 heterocycles. The number of carbonyl (C=O) groups is 2. The average molecular weight is 211 g/mol. The van der Waals surface area contributed by atoms with Gasteiger partial charge >= 0.3 is 6.03 Å². The first-order valence-electron chi connectivity index (χ1n) is 5.58. The summed E-state index contributed by atoms with van der Waals surface area (Å²) in [5.74, 6) is 0.237. The molecule has 5 heteroatoms. The highest BCUT2D eigenvalue weighted by molar-refractivity contribution is 5.77. The Labute approximate surface area is 89.4 Å². The molecule has 0 aromatic carbocycles. The lowest BCUT2D eigenvalue weighted by Crippen LogP contribution is -2.42. The van der Waals surface area contributed by atoms with E-state index in [9.17, 15) is 9.59 Å². The van der Waals surface area contributed by atoms with E-state index in [0.717, 1.165) is 32.5 Å². The van der Waals surface area contributed by atoms with E-state index < -0.39 is 0 Å². The summed E-state index contributed by atoms with van der Waals surface area (Å²) in [4.78, 5) is 26.4. The second-order valence-corrected chi connectivity index (χ2v) is 4.06. The number of hydrogen-bond donors (Lipinski definition) is 1. The monoisotopic (exact) mass is 211 g/mol. The summed E-state index contributed by atoms with van der Waals surface area (Å²) >= 11 is 0. The van der Waals surface area contributed by atoms with Gasteiger partial charge in [-0.25, -0.2) is 4.79 Å². The average Bonchev–Trinajstić information content (AvgIpc) is 2.63. The highest BCUT2D eigenvalue weighted by Gasteiger charge is 2.22. The van der Waals surface area contributed by atoms with Crippen LogP contribution in [0.4, 0.5) is 4.79 Å². The Balaban J connectivity index is 1.76. The third-order valence-corrected chi connectivity index (χ3v) is 3.01. The minimum absolute atomic E-state index is 0.000501. The van der Waals surface area contributed by atoms with Crippen LogP contribution in [0, 0.1) is 0 Å². The molecule has 2 fully saturated rings. The Morgan fingerprint density at radius 1 is 1.07 bits per heavy atom. The van der Waals surface area contributed by atoms with E-state index in [1.165, 1.54) is 0 Å². The number of piperidine rings is 1. The first kappa shape index (κ1) is 10.3. The van der Waals surface area contributed by atoms with Crippen LogP contribution in [-0.2, 0) is 4.79 Å². The van der Waals surface area contributed by atoms with Gasteiger partial charge in [-0.3, -0.25) is 4.79 Å². The van der Waals surface area contributed by atoms with Crippen LogP contribution in [0.3, 0.4) is 0 Å². The second kappa shape index (κ2) is 4.51. The van der Waals surface area contributed by atoms with Crippen LogP contribution in [0.2, 0.25) is 0 Å². The van der Waals surface area contributed by atoms with Crippen LogP contribution in [0.5, 0.6) is 0 Å². The Hall–Kier alpha value is -1.26. The summed E-state index contributed by atoms with van der Waals surface area (Å²) in [5.41, 5.74) is 0. The van der Waals surface area contributed by atoms with E-state index in [1.807, 2.05) is 4.90 Å². The number of nitrogens with one attached hydrogen (secondary N) is 1. The molecular weight excluding hydrogens is 194 g/mol. The smallest absolute Gasteiger partial charge is 0.317 e. The van der Waals surface area contributed by atoms with Crippen LogP contribution in [0.15, 0.2) is 0 Å². The predicted octanol–water partition coefficient (Wildman–Crippen LogP) is 0.0241. The SMILES string of the molecule is O=C1CCCCN1CCN1CCNC1=O. The number of likely N-dealkylation sites (tertiary alicyclic amines) is 1. The number of hydrogen-bond acceptors (Lipinski definition) is 2. The largest absolute Gasteiger partial charge is 0.341 e. The number of urea groups is 1. The number of nitrogens with zero attached hydrogens (tertiary/aromatic N) is 2. The first-order valence-corrected chi connectivity index (χ1v) is 5.58. The Kier molecular flexibility index (Phi) is 3.08. The van der Waals surface area contributed by atoms with E-state index in [2.05, 4.69) is 5.32 Å². The van der Waals surface area contributed by atoms with E-state index in [1.54, 1.807) is 4.90 Å². The molecule has 1 N–H and O–H groups in total. The molecule has 84 valence electrons. The molecule has 0 unspecified atom stereocenters. The van der Waals surface area contributed by atoms with Crippen LogP contribution >= 0.6 is 0 Å². The Morgan fingerprint density at radius 2 is 1.87 bits per heavy atom. The van der Waals surface area contributed by atoms with Gasteiger partial charge in [0.2, 0.25) is 5.91 Å². The summed E-state index contributed by atoms with van der Waals surface area (Å²) in [6.45, 7) is 3.70. The highest BCUT2D eigenvalue weighted by Crippen LogP contribution is 2.10. The molecule has 3 amide bonds. The normalized spacial score (nSPS) is 22.1. The standard InChI is InChI=1S/C10H17N3O2/c14-9-3-1-2-5-12(9)7-8-13-6-4-11-10(13)15/h1-8H2,(H,11,15). The van der Waals surface area contributed by atoms with Crippen molar-refractivity contribution in [3.05, 3.63) is 0 Å². The van der Waals surface area contributed by atoms with Crippen molar-refractivity contribution in [2.75, 3.05) is 32.7 Å². The molecule has 0 atom stereocenters. The third-order valence-electron chi connectivity index (χ3n) is 3.01. The van der Waals surface area contributed by atoms with Crippen molar-refractivity contribution in [1.82, 2.24) is 15.1 Å². The zero-order valence-electron chi connectivity index (χ0n) is 8.87. The zero-order valence-corrected chi connectivity index (χ0v) is 8.87. The van der Waals surface area contributed by atoms with Crippen molar-refractivity contribution in [2.45, 2.75) is 19.3 Å². The van der Waals surface area contributed by atoms with Gasteiger partial charge in [0.05, 0.1) is 0 Å². The van der Waals surface area contributed by atoms with E-state index in [4.69, 9.17) is 0 Å². The van der Waals surface area contributed by atoms with Gasteiger partial charge in [-0.2, -0.15) is 0 Å². The van der Waals surface area contributed by atoms with Crippen LogP contribution < -0.4 is 5.32 Å². The molecule has 0 aliphatic carbocycles. The lowest BCUT2D eigenvalue weighted by molar-refractivity contribution is -0.133. The molecule has 0 saturated carbocycles. The van der Waals surface area contributed by atoms with Crippen molar-refractivity contribution in [1.29, 1.82) is 0 Å². The predicted molar refractivity (Wildman–Crippen MR) is 55.4 cm³/mol. The maximum Gasteiger partial charge on any atom is 0.317 e. The van der Waals surface area contributed by atoms with Gasteiger partial charge in [-0.15, -0.1) is 0 Å². The molecule has 2 rings (SSSR count). The van der Waals surface area contributed by atoms with Crippen molar-refractivity contribution in [3.63, 3.8) is 0 Å². The van der Waals surface area contributed by atoms with Gasteiger partial charge in [0.25, 0.3) is 0 Å². The second-order valence-electron chi connectivity index (χ2n) is 4.06. The fraction of sp³-hybridized carbons (Fsp3) is 0.800. The summed E-state index contributed by atoms with van der Waals surface area (Å²) in [6, 6.07) is -0.000501. The summed E-state index contributed by atoms with van der Waals surface area (Å²) in [7, 11) is 0. The van der Waals surface area contributed by atoms with Gasteiger partial charge in [0.1, 0.15) is 0 Å². The van der Waals surface area contributed by atoms with Crippen molar-refractivity contribution < 1.29 is 9.59 Å². The first-order chi connectivity index (χ1) is 7.27. The molecular formula is C10H17N3O2. The van der Waals surface area contributed by atoms with Crippen molar-refractivity contribution >= 4 is 11.9 Å². The molecule has 0 aromatic rings. The van der Waals surface area contributed by atoms with Gasteiger partial charge < -0.3 is 15.1 Å². The minimum Gasteiger partial charge on any atom is -0.341 e. The molecule has 2 aliphatic heterocycles. The fourth-order valence-corrected chi connectivity index (χ4v) is 2.06. The summed E-state index contributed by atoms with van der Waals surface area (Å²) < 4.78 is 0. The number of amides is 3. The maximum atomic E-state index is 11.5. The number of rotatable bonds is 3. The number of carbonyl (C=O) groups excluding carboxylic acids is 2. The lowest BCUT2D eigenvalue weighted by Gasteiger charge is -2.28. The Bertz CT molecular complexity index is 267. The van der Waals surface area contributed by atoms with E-state index in [-0.39, 0.29) is 11.9 Å². The molecule has 2 saturated heterocycles. The molecule has 2 aliphatic rings. The molecule has 0 radical (unpaired) electrons. The highest BCUT2D eigenvalue weighted by atomic mass is 16.2. The van der Waals surface area contributed by atoms with Gasteiger partial charge in [-0.05, 0) is 12.8 Å². The van der Waals surface area contributed by atoms with Gasteiger partial charge in [0, 0.05) is 39.1 Å². The maximum absolute atomic E-state index is 11.5.